The molecule has 0 spiro atoms. The number of amides is 1. The van der Waals surface area contributed by atoms with E-state index in [9.17, 15) is 15.0 Å². The smallest absolute Gasteiger partial charge is 0.407 e. The predicted octanol–water partition coefficient (Wildman–Crippen LogP) is 1.72. The molecule has 2 fully saturated rings. The van der Waals surface area contributed by atoms with Crippen LogP contribution in [-0.4, -0.2) is 57.4 Å². The van der Waals surface area contributed by atoms with Crippen LogP contribution in [0, 0.1) is 0 Å². The molecule has 2 heterocycles. The van der Waals surface area contributed by atoms with E-state index in [2.05, 4.69) is 30.9 Å². The third kappa shape index (κ3) is 2.30. The van der Waals surface area contributed by atoms with Crippen molar-refractivity contribution in [1.82, 2.24) is 9.80 Å². The Balaban J connectivity index is 1.91. The first-order valence-corrected chi connectivity index (χ1v) is 7.41. The summed E-state index contributed by atoms with van der Waals surface area (Å²) in [5.41, 5.74) is 0.969. The Labute approximate surface area is 124 Å². The number of carbonyl (C=O) groups is 1. The molecule has 2 aliphatic heterocycles. The van der Waals surface area contributed by atoms with Crippen LogP contribution in [0.5, 0.6) is 0 Å². The Morgan fingerprint density at radius 3 is 2.48 bits per heavy atom. The van der Waals surface area contributed by atoms with Crippen LogP contribution < -0.4 is 0 Å². The monoisotopic (exact) mass is 290 g/mol. The summed E-state index contributed by atoms with van der Waals surface area (Å²) in [6, 6.07) is 10.2. The topological polar surface area (TPSA) is 64.0 Å². The third-order valence-electron chi connectivity index (χ3n) is 4.94. The lowest BCUT2D eigenvalue weighted by molar-refractivity contribution is -0.0219. The third-order valence-corrected chi connectivity index (χ3v) is 4.94. The molecule has 2 N–H and O–H groups in total. The molecule has 3 atom stereocenters. The Morgan fingerprint density at radius 2 is 1.90 bits per heavy atom. The van der Waals surface area contributed by atoms with Crippen molar-refractivity contribution in [3.8, 4) is 0 Å². The van der Waals surface area contributed by atoms with Crippen LogP contribution in [0.25, 0.3) is 0 Å². The number of aliphatic hydroxyl groups is 1. The zero-order chi connectivity index (χ0) is 15.2. The van der Waals surface area contributed by atoms with Crippen LogP contribution in [0.4, 0.5) is 4.79 Å². The second-order valence-corrected chi connectivity index (χ2v) is 6.54. The highest BCUT2D eigenvalue weighted by Crippen LogP contribution is 2.41. The van der Waals surface area contributed by atoms with Crippen LogP contribution >= 0.6 is 0 Å². The van der Waals surface area contributed by atoms with Crippen LogP contribution in [0.3, 0.4) is 0 Å². The van der Waals surface area contributed by atoms with E-state index in [0.717, 1.165) is 0 Å². The Kier molecular flexibility index (Phi) is 3.42. The standard InChI is InChI=1S/C16H22N2O3/c1-16(2,11-6-4-3-5-7-11)18-12-8-14(19)13(18)10-17(9-12)15(20)21/h3-7,12-14,19H,8-10H2,1-2H3,(H,20,21). The second-order valence-electron chi connectivity index (χ2n) is 6.54. The molecular weight excluding hydrogens is 268 g/mol. The van der Waals surface area contributed by atoms with Gasteiger partial charge in [0.05, 0.1) is 12.1 Å². The van der Waals surface area contributed by atoms with Gasteiger partial charge in [-0.1, -0.05) is 30.3 Å². The number of benzene rings is 1. The summed E-state index contributed by atoms with van der Waals surface area (Å²) < 4.78 is 0. The molecule has 0 aliphatic carbocycles. The quantitative estimate of drug-likeness (QED) is 0.870. The summed E-state index contributed by atoms with van der Waals surface area (Å²) in [4.78, 5) is 15.0. The lowest BCUT2D eigenvalue weighted by Crippen LogP contribution is -2.61. The molecule has 2 bridgehead atoms. The van der Waals surface area contributed by atoms with E-state index >= 15 is 0 Å². The molecular formula is C16H22N2O3. The molecule has 1 amide bonds. The first-order valence-electron chi connectivity index (χ1n) is 7.41. The first kappa shape index (κ1) is 14.4. The first-order chi connectivity index (χ1) is 9.91. The van der Waals surface area contributed by atoms with Gasteiger partial charge in [-0.2, -0.15) is 0 Å². The van der Waals surface area contributed by atoms with Crippen molar-refractivity contribution < 1.29 is 15.0 Å². The van der Waals surface area contributed by atoms with Gasteiger partial charge in [0, 0.05) is 24.7 Å². The van der Waals surface area contributed by atoms with E-state index in [1.807, 2.05) is 18.2 Å². The van der Waals surface area contributed by atoms with Gasteiger partial charge in [-0.3, -0.25) is 4.90 Å². The molecule has 5 heteroatoms. The summed E-state index contributed by atoms with van der Waals surface area (Å²) in [6.07, 6.45) is -0.705. The van der Waals surface area contributed by atoms with Crippen molar-refractivity contribution >= 4 is 6.09 Å². The molecule has 114 valence electrons. The fourth-order valence-corrected chi connectivity index (χ4v) is 3.95. The van der Waals surface area contributed by atoms with E-state index in [0.29, 0.717) is 19.5 Å². The summed E-state index contributed by atoms with van der Waals surface area (Å²) >= 11 is 0. The average Bonchev–Trinajstić information content (AvgIpc) is 2.67. The van der Waals surface area contributed by atoms with Gasteiger partial charge < -0.3 is 15.1 Å². The summed E-state index contributed by atoms with van der Waals surface area (Å²) in [5, 5.41) is 19.5. The molecule has 2 aliphatic rings. The predicted molar refractivity (Wildman–Crippen MR) is 79.1 cm³/mol. The van der Waals surface area contributed by atoms with E-state index in [1.54, 1.807) is 0 Å². The molecule has 2 saturated heterocycles. The van der Waals surface area contributed by atoms with E-state index in [1.165, 1.54) is 10.5 Å². The van der Waals surface area contributed by atoms with Gasteiger partial charge in [0.2, 0.25) is 0 Å². The summed E-state index contributed by atoms with van der Waals surface area (Å²) in [5.74, 6) is 0. The van der Waals surface area contributed by atoms with Crippen LogP contribution in [-0.2, 0) is 5.54 Å². The van der Waals surface area contributed by atoms with Gasteiger partial charge in [0.25, 0.3) is 0 Å². The maximum absolute atomic E-state index is 11.2. The minimum atomic E-state index is -0.892. The molecule has 1 aromatic rings. The number of aliphatic hydroxyl groups excluding tert-OH is 1. The average molecular weight is 290 g/mol. The number of hydrogen-bond acceptors (Lipinski definition) is 3. The van der Waals surface area contributed by atoms with Gasteiger partial charge in [0.1, 0.15) is 0 Å². The Bertz CT molecular complexity index is 532. The zero-order valence-electron chi connectivity index (χ0n) is 12.4. The minimum Gasteiger partial charge on any atom is -0.465 e. The number of hydrogen-bond donors (Lipinski definition) is 2. The number of likely N-dealkylation sites (tertiary alicyclic amines) is 1. The molecule has 0 aromatic heterocycles. The second kappa shape index (κ2) is 5.00. The van der Waals surface area contributed by atoms with E-state index in [4.69, 9.17) is 0 Å². The van der Waals surface area contributed by atoms with Gasteiger partial charge in [-0.25, -0.2) is 4.79 Å². The molecule has 1 aromatic carbocycles. The minimum absolute atomic E-state index is 0.0741. The number of piperazine rings is 1. The Hall–Kier alpha value is -1.59. The summed E-state index contributed by atoms with van der Waals surface area (Å²) in [6.45, 7) is 5.15. The van der Waals surface area contributed by atoms with Gasteiger partial charge in [0.15, 0.2) is 0 Å². The van der Waals surface area contributed by atoms with Crippen molar-refractivity contribution in [2.24, 2.45) is 0 Å². The normalized spacial score (nSPS) is 29.7. The highest BCUT2D eigenvalue weighted by molar-refractivity contribution is 5.65. The van der Waals surface area contributed by atoms with Crippen molar-refractivity contribution in [2.75, 3.05) is 13.1 Å². The van der Waals surface area contributed by atoms with Crippen molar-refractivity contribution in [3.05, 3.63) is 35.9 Å². The maximum Gasteiger partial charge on any atom is 0.407 e. The van der Waals surface area contributed by atoms with Gasteiger partial charge >= 0.3 is 6.09 Å². The number of fused-ring (bicyclic) bond motifs is 2. The molecule has 3 rings (SSSR count). The SMILES string of the molecule is CC(C)(c1ccccc1)N1C2CC(O)C1CN(C(=O)O)C2. The van der Waals surface area contributed by atoms with Crippen molar-refractivity contribution in [2.45, 2.75) is 44.0 Å². The molecule has 0 saturated carbocycles. The van der Waals surface area contributed by atoms with Crippen molar-refractivity contribution in [3.63, 3.8) is 0 Å². The Morgan fingerprint density at radius 1 is 1.24 bits per heavy atom. The molecule has 0 radical (unpaired) electrons. The van der Waals surface area contributed by atoms with Gasteiger partial charge in [-0.15, -0.1) is 0 Å². The maximum atomic E-state index is 11.2. The molecule has 21 heavy (non-hydrogen) atoms. The fraction of sp³-hybridized carbons (Fsp3) is 0.562. The largest absolute Gasteiger partial charge is 0.465 e. The molecule has 5 nitrogen and oxygen atoms in total. The van der Waals surface area contributed by atoms with Gasteiger partial charge in [-0.05, 0) is 25.8 Å². The lowest BCUT2D eigenvalue weighted by atomic mass is 9.89. The zero-order valence-corrected chi connectivity index (χ0v) is 12.4. The van der Waals surface area contributed by atoms with E-state index < -0.39 is 12.2 Å². The fourth-order valence-electron chi connectivity index (χ4n) is 3.95. The highest BCUT2D eigenvalue weighted by Gasteiger charge is 2.52. The van der Waals surface area contributed by atoms with Crippen LogP contribution in [0.1, 0.15) is 25.8 Å². The van der Waals surface area contributed by atoms with Crippen molar-refractivity contribution in [1.29, 1.82) is 0 Å². The number of carboxylic acid groups (broad SMARTS) is 1. The molecule has 3 unspecified atom stereocenters. The van der Waals surface area contributed by atoms with E-state index in [-0.39, 0.29) is 17.6 Å². The highest BCUT2D eigenvalue weighted by atomic mass is 16.4. The summed E-state index contributed by atoms with van der Waals surface area (Å²) in [7, 11) is 0. The van der Waals surface area contributed by atoms with Crippen LogP contribution in [0.15, 0.2) is 30.3 Å². The van der Waals surface area contributed by atoms with Crippen LogP contribution in [0.2, 0.25) is 0 Å². The lowest BCUT2D eigenvalue weighted by Gasteiger charge is -2.49. The number of rotatable bonds is 2. The number of nitrogens with zero attached hydrogens (tertiary/aromatic N) is 2.